The van der Waals surface area contributed by atoms with E-state index in [2.05, 4.69) is 54.9 Å². The Morgan fingerprint density at radius 3 is 2.45 bits per heavy atom. The summed E-state index contributed by atoms with van der Waals surface area (Å²) >= 11 is 0. The summed E-state index contributed by atoms with van der Waals surface area (Å²) in [5.74, 6) is -0.947. The predicted molar refractivity (Wildman–Crippen MR) is 114 cm³/mol. The second kappa shape index (κ2) is 7.33. The minimum absolute atomic E-state index is 0.201. The van der Waals surface area contributed by atoms with Gasteiger partial charge in [-0.1, -0.05) is 51.5 Å². The van der Waals surface area contributed by atoms with Crippen LogP contribution < -0.4 is 15.1 Å². The molecule has 1 N–H and O–H groups in total. The highest BCUT2D eigenvalue weighted by molar-refractivity contribution is 5.70. The van der Waals surface area contributed by atoms with Crippen LogP contribution in [0.5, 0.6) is 0 Å². The Balaban J connectivity index is 1.67. The number of hydrogen-bond donors (Lipinski definition) is 1. The molecule has 1 aliphatic carbocycles. The molecule has 156 valence electrons. The van der Waals surface area contributed by atoms with E-state index in [4.69, 9.17) is 0 Å². The fourth-order valence-electron chi connectivity index (χ4n) is 5.20. The summed E-state index contributed by atoms with van der Waals surface area (Å²) in [7, 11) is 0. The van der Waals surface area contributed by atoms with E-state index in [9.17, 15) is 10.2 Å². The van der Waals surface area contributed by atoms with Gasteiger partial charge >= 0.3 is 0 Å². The third-order valence-electron chi connectivity index (χ3n) is 6.87. The minimum atomic E-state index is -0.894. The molecule has 2 atom stereocenters. The van der Waals surface area contributed by atoms with Gasteiger partial charge in [0.15, 0.2) is 0 Å². The lowest BCUT2D eigenvalue weighted by molar-refractivity contribution is -0.543. The van der Waals surface area contributed by atoms with Crippen LogP contribution in [-0.4, -0.2) is 23.7 Å². The molecule has 0 bridgehead atoms. The summed E-state index contributed by atoms with van der Waals surface area (Å²) in [6.07, 6.45) is 2.42. The highest BCUT2D eigenvalue weighted by Crippen LogP contribution is 2.50. The lowest BCUT2D eigenvalue weighted by Gasteiger charge is -2.60. The number of benzene rings is 1. The van der Waals surface area contributed by atoms with Gasteiger partial charge in [-0.25, -0.2) is 0 Å². The Labute approximate surface area is 174 Å². The van der Waals surface area contributed by atoms with Crippen molar-refractivity contribution in [3.8, 4) is 0 Å². The van der Waals surface area contributed by atoms with E-state index >= 15 is 0 Å². The molecule has 0 spiro atoms. The summed E-state index contributed by atoms with van der Waals surface area (Å²) in [4.78, 5) is 5.60. The Morgan fingerprint density at radius 2 is 1.83 bits per heavy atom. The molecular formula is C25H32N2O2-2. The molecule has 2 aliphatic rings. The Morgan fingerprint density at radius 1 is 1.14 bits per heavy atom. The van der Waals surface area contributed by atoms with Crippen molar-refractivity contribution in [2.24, 2.45) is 5.92 Å². The van der Waals surface area contributed by atoms with Crippen LogP contribution >= 0.6 is 0 Å². The number of fused-ring (bicyclic) bond motifs is 1. The lowest BCUT2D eigenvalue weighted by atomic mass is 9.65. The number of aromatic amines is 1. The van der Waals surface area contributed by atoms with Crippen molar-refractivity contribution in [2.75, 3.05) is 11.4 Å². The summed E-state index contributed by atoms with van der Waals surface area (Å²) < 4.78 is 0. The van der Waals surface area contributed by atoms with Gasteiger partial charge in [-0.15, -0.1) is 12.2 Å². The van der Waals surface area contributed by atoms with Crippen LogP contribution in [-0.2, 0) is 5.41 Å². The number of anilines is 1. The molecule has 4 rings (SSSR count). The van der Waals surface area contributed by atoms with E-state index in [1.165, 1.54) is 11.3 Å². The molecule has 2 aromatic rings. The van der Waals surface area contributed by atoms with Crippen molar-refractivity contribution in [1.29, 1.82) is 0 Å². The molecule has 1 aromatic heterocycles. The normalized spacial score (nSPS) is 29.2. The number of H-pyrrole nitrogens is 1. The van der Waals surface area contributed by atoms with Gasteiger partial charge in [-0.05, 0) is 55.4 Å². The van der Waals surface area contributed by atoms with Crippen LogP contribution in [0.4, 0.5) is 5.69 Å². The molecule has 0 radical (unpaired) electrons. The van der Waals surface area contributed by atoms with E-state index in [0.29, 0.717) is 0 Å². The first-order valence-electron chi connectivity index (χ1n) is 10.8. The standard InChI is InChI=1S/C25H32N2O2/c1-6-7-12-27-19-11-9-8-10-18(19)25(4,5)20(27)14-17-23(28)21(24(17)29)22-15(2)13-16(3)26-22/h8-11,13-14,17,21,23-24,26H,6-7,12H2,1-5H3/q-2. The molecule has 29 heavy (non-hydrogen) atoms. The van der Waals surface area contributed by atoms with Crippen molar-refractivity contribution in [3.63, 3.8) is 0 Å². The lowest BCUT2D eigenvalue weighted by Crippen LogP contribution is -2.65. The third kappa shape index (κ3) is 3.13. The van der Waals surface area contributed by atoms with Gasteiger partial charge in [0.1, 0.15) is 0 Å². The maximum Gasteiger partial charge on any atom is 0.0450 e. The number of rotatable bonds is 5. The molecule has 1 aliphatic heterocycles. The quantitative estimate of drug-likeness (QED) is 0.849. The van der Waals surface area contributed by atoms with Crippen LogP contribution in [0, 0.1) is 19.8 Å². The third-order valence-corrected chi connectivity index (χ3v) is 6.87. The van der Waals surface area contributed by atoms with E-state index in [0.717, 1.165) is 42.0 Å². The monoisotopic (exact) mass is 392 g/mol. The van der Waals surface area contributed by atoms with Crippen LogP contribution in [0.15, 0.2) is 42.1 Å². The first-order valence-corrected chi connectivity index (χ1v) is 10.8. The molecule has 1 fully saturated rings. The number of para-hydroxylation sites is 1. The van der Waals surface area contributed by atoms with E-state index in [1.54, 1.807) is 0 Å². The average Bonchev–Trinajstić information content (AvgIpc) is 3.11. The molecule has 4 heteroatoms. The number of aryl methyl sites for hydroxylation is 2. The van der Waals surface area contributed by atoms with Crippen LogP contribution in [0.1, 0.15) is 62.0 Å². The van der Waals surface area contributed by atoms with Gasteiger partial charge in [-0.3, -0.25) is 0 Å². The number of nitrogens with zero attached hydrogens (tertiary/aromatic N) is 1. The number of hydrogen-bond acceptors (Lipinski definition) is 3. The summed E-state index contributed by atoms with van der Waals surface area (Å²) in [5, 5.41) is 26.3. The van der Waals surface area contributed by atoms with Crippen molar-refractivity contribution in [3.05, 3.63) is 64.6 Å². The Bertz CT molecular complexity index is 917. The van der Waals surface area contributed by atoms with Crippen molar-refractivity contribution < 1.29 is 10.2 Å². The largest absolute Gasteiger partial charge is 0.851 e. The fraction of sp³-hybridized carbons (Fsp3) is 0.520. The highest BCUT2D eigenvalue weighted by Gasteiger charge is 2.43. The fourth-order valence-corrected chi connectivity index (χ4v) is 5.20. The zero-order valence-electron chi connectivity index (χ0n) is 18.2. The predicted octanol–water partition coefficient (Wildman–Crippen LogP) is 3.28. The first kappa shape index (κ1) is 20.2. The van der Waals surface area contributed by atoms with Gasteiger partial charge in [0.25, 0.3) is 0 Å². The zero-order chi connectivity index (χ0) is 20.9. The van der Waals surface area contributed by atoms with Crippen molar-refractivity contribution in [2.45, 2.75) is 71.0 Å². The first-order chi connectivity index (χ1) is 13.8. The topological polar surface area (TPSA) is 65.1 Å². The number of aromatic nitrogens is 1. The maximum atomic E-state index is 13.1. The second-order valence-corrected chi connectivity index (χ2v) is 9.28. The Hall–Kier alpha value is -2.04. The molecule has 1 aromatic carbocycles. The van der Waals surface area contributed by atoms with Crippen LogP contribution in [0.2, 0.25) is 0 Å². The molecule has 2 heterocycles. The second-order valence-electron chi connectivity index (χ2n) is 9.28. The number of unbranched alkanes of at least 4 members (excludes halogenated alkanes) is 1. The van der Waals surface area contributed by atoms with Crippen molar-refractivity contribution in [1.82, 2.24) is 4.98 Å². The van der Waals surface area contributed by atoms with Crippen molar-refractivity contribution >= 4 is 5.69 Å². The highest BCUT2D eigenvalue weighted by atomic mass is 16.3. The molecule has 0 amide bonds. The van der Waals surface area contributed by atoms with Crippen LogP contribution in [0.25, 0.3) is 0 Å². The van der Waals surface area contributed by atoms with E-state index in [1.807, 2.05) is 26.0 Å². The maximum absolute atomic E-state index is 13.1. The zero-order valence-corrected chi connectivity index (χ0v) is 18.2. The minimum Gasteiger partial charge on any atom is -0.851 e. The summed E-state index contributed by atoms with van der Waals surface area (Å²) in [6.45, 7) is 11.5. The molecular weight excluding hydrogens is 360 g/mol. The summed E-state index contributed by atoms with van der Waals surface area (Å²) in [6, 6.07) is 10.5. The van der Waals surface area contributed by atoms with E-state index < -0.39 is 24.0 Å². The molecule has 4 nitrogen and oxygen atoms in total. The van der Waals surface area contributed by atoms with Gasteiger partial charge in [0.2, 0.25) is 0 Å². The van der Waals surface area contributed by atoms with Gasteiger partial charge < -0.3 is 20.1 Å². The summed E-state index contributed by atoms with van der Waals surface area (Å²) in [5.41, 5.74) is 6.29. The number of allylic oxidation sites excluding steroid dienone is 1. The SMILES string of the molecule is CCCCN1C(=CC2C([O-])C(c3[nH]c(C)cc3C)C2[O-])C(C)(C)c2ccccc21. The Kier molecular flexibility index (Phi) is 5.12. The van der Waals surface area contributed by atoms with Gasteiger partial charge in [0.05, 0.1) is 0 Å². The van der Waals surface area contributed by atoms with Gasteiger partial charge in [0, 0.05) is 34.7 Å². The van der Waals surface area contributed by atoms with Crippen LogP contribution in [0.3, 0.4) is 0 Å². The smallest absolute Gasteiger partial charge is 0.0450 e. The van der Waals surface area contributed by atoms with Gasteiger partial charge in [-0.2, -0.15) is 0 Å². The molecule has 0 saturated heterocycles. The van der Waals surface area contributed by atoms with E-state index in [-0.39, 0.29) is 5.41 Å². The molecule has 2 unspecified atom stereocenters. The molecule has 1 saturated carbocycles. The average molecular weight is 393 g/mol. The number of nitrogens with one attached hydrogen (secondary N) is 1.